The van der Waals surface area contributed by atoms with Gasteiger partial charge >= 0.3 is 0 Å². The Morgan fingerprint density at radius 1 is 1.14 bits per heavy atom. The zero-order valence-electron chi connectivity index (χ0n) is 19.8. The number of hydrogen-bond donors (Lipinski definition) is 0. The second kappa shape index (κ2) is 10.4. The Morgan fingerprint density at radius 3 is 2.63 bits per heavy atom. The lowest BCUT2D eigenvalue weighted by Crippen LogP contribution is -2.40. The number of amides is 2. The van der Waals surface area contributed by atoms with E-state index in [-0.39, 0.29) is 34.6 Å². The zero-order chi connectivity index (χ0) is 25.1. The van der Waals surface area contributed by atoms with Crippen molar-refractivity contribution in [1.29, 1.82) is 0 Å². The summed E-state index contributed by atoms with van der Waals surface area (Å²) in [6.07, 6.45) is 0.603. The van der Waals surface area contributed by atoms with Gasteiger partial charge in [-0.3, -0.25) is 14.3 Å². The van der Waals surface area contributed by atoms with Crippen LogP contribution in [0.25, 0.3) is 0 Å². The maximum Gasteiger partial charge on any atom is 0.274 e. The molecule has 1 aliphatic rings. The van der Waals surface area contributed by atoms with Crippen molar-refractivity contribution >= 4 is 23.4 Å². The van der Waals surface area contributed by atoms with E-state index in [0.717, 1.165) is 5.56 Å². The minimum atomic E-state index is -0.462. The number of hydrogen-bond acceptors (Lipinski definition) is 5. The third-order valence-electron chi connectivity index (χ3n) is 6.03. The molecule has 0 bridgehead atoms. The van der Waals surface area contributed by atoms with Crippen LogP contribution in [0.3, 0.4) is 0 Å². The number of benzene rings is 2. The van der Waals surface area contributed by atoms with E-state index in [9.17, 15) is 14.0 Å². The first-order valence-corrected chi connectivity index (χ1v) is 11.5. The molecular weight excluding hydrogens is 475 g/mol. The van der Waals surface area contributed by atoms with E-state index in [1.807, 2.05) is 18.2 Å². The third kappa shape index (κ3) is 5.09. The van der Waals surface area contributed by atoms with Crippen LogP contribution in [-0.2, 0) is 19.5 Å². The van der Waals surface area contributed by atoms with Crippen LogP contribution in [-0.4, -0.2) is 65.8 Å². The van der Waals surface area contributed by atoms with Crippen molar-refractivity contribution < 1.29 is 23.5 Å². The van der Waals surface area contributed by atoms with Gasteiger partial charge in [-0.1, -0.05) is 23.7 Å². The van der Waals surface area contributed by atoms with E-state index in [1.54, 1.807) is 32.2 Å². The van der Waals surface area contributed by atoms with E-state index in [4.69, 9.17) is 21.1 Å². The van der Waals surface area contributed by atoms with Gasteiger partial charge in [0.2, 0.25) is 0 Å². The van der Waals surface area contributed by atoms with E-state index < -0.39 is 5.82 Å². The van der Waals surface area contributed by atoms with Crippen LogP contribution >= 0.6 is 11.6 Å². The van der Waals surface area contributed by atoms with Crippen molar-refractivity contribution in [2.75, 3.05) is 34.4 Å². The molecule has 0 aliphatic carbocycles. The molecule has 0 unspecified atom stereocenters. The predicted molar refractivity (Wildman–Crippen MR) is 129 cm³/mol. The summed E-state index contributed by atoms with van der Waals surface area (Å²) < 4.78 is 26.3. The molecule has 1 aromatic heterocycles. The number of ether oxygens (including phenoxy) is 2. The molecule has 2 heterocycles. The molecule has 2 amide bonds. The van der Waals surface area contributed by atoms with Crippen molar-refractivity contribution in [3.8, 4) is 11.5 Å². The fourth-order valence-corrected chi connectivity index (χ4v) is 4.22. The highest BCUT2D eigenvalue weighted by atomic mass is 35.5. The lowest BCUT2D eigenvalue weighted by atomic mass is 10.1. The molecule has 1 aliphatic heterocycles. The Kier molecular flexibility index (Phi) is 7.25. The summed E-state index contributed by atoms with van der Waals surface area (Å²) in [5.41, 5.74) is 1.74. The van der Waals surface area contributed by atoms with Gasteiger partial charge in [0.15, 0.2) is 17.2 Å². The maximum atomic E-state index is 14.2. The second-order valence-electron chi connectivity index (χ2n) is 8.23. The molecule has 0 saturated carbocycles. The summed E-state index contributed by atoms with van der Waals surface area (Å²) in [4.78, 5) is 29.1. The minimum Gasteiger partial charge on any atom is -0.493 e. The zero-order valence-corrected chi connectivity index (χ0v) is 20.5. The van der Waals surface area contributed by atoms with E-state index in [1.165, 1.54) is 27.8 Å². The highest BCUT2D eigenvalue weighted by molar-refractivity contribution is 6.31. The van der Waals surface area contributed by atoms with Crippen LogP contribution in [0.1, 0.15) is 32.1 Å². The molecule has 35 heavy (non-hydrogen) atoms. The Balaban J connectivity index is 1.43. The molecule has 3 aromatic rings. The highest BCUT2D eigenvalue weighted by Crippen LogP contribution is 2.28. The average Bonchev–Trinajstić information content (AvgIpc) is 3.30. The molecular formula is C25H26ClFN4O4. The number of halogens is 2. The van der Waals surface area contributed by atoms with E-state index >= 15 is 0 Å². The van der Waals surface area contributed by atoms with Gasteiger partial charge < -0.3 is 19.3 Å². The van der Waals surface area contributed by atoms with Gasteiger partial charge in [-0.05, 0) is 36.2 Å². The number of methoxy groups -OCH3 is 2. The number of nitrogens with zero attached hydrogens (tertiary/aromatic N) is 4. The quantitative estimate of drug-likeness (QED) is 0.472. The summed E-state index contributed by atoms with van der Waals surface area (Å²) in [7, 11) is 4.84. The van der Waals surface area contributed by atoms with Gasteiger partial charge in [0, 0.05) is 36.8 Å². The molecule has 4 rings (SSSR count). The Labute approximate surface area is 207 Å². The van der Waals surface area contributed by atoms with Crippen molar-refractivity contribution in [3.63, 3.8) is 0 Å². The SMILES string of the molecule is COc1ccc(CCN(C)C(=O)c2cc3n(n2)CCN(Cc2c(F)cccc2Cl)C3=O)cc1OC. The molecule has 0 N–H and O–H groups in total. The first-order chi connectivity index (χ1) is 16.8. The summed E-state index contributed by atoms with van der Waals surface area (Å²) in [6.45, 7) is 1.23. The lowest BCUT2D eigenvalue weighted by molar-refractivity contribution is 0.0680. The summed E-state index contributed by atoms with van der Waals surface area (Å²) in [6, 6.07) is 11.5. The number of aromatic nitrogens is 2. The lowest BCUT2D eigenvalue weighted by Gasteiger charge is -2.27. The van der Waals surface area contributed by atoms with Crippen molar-refractivity contribution in [3.05, 3.63) is 75.8 Å². The van der Waals surface area contributed by atoms with Gasteiger partial charge in [0.05, 0.1) is 27.3 Å². The molecule has 8 nitrogen and oxygen atoms in total. The standard InChI is InChI=1S/C25H26ClFN4O4/c1-29(10-9-16-7-8-22(34-2)23(13-16)35-3)24(32)20-14-21-25(33)30(11-12-31(21)28-20)15-17-18(26)5-4-6-19(17)27/h4-8,13-14H,9-12,15H2,1-3H3. The van der Waals surface area contributed by atoms with Gasteiger partial charge in [-0.25, -0.2) is 4.39 Å². The topological polar surface area (TPSA) is 76.9 Å². The Hall–Kier alpha value is -3.59. The van der Waals surface area contributed by atoms with Crippen molar-refractivity contribution in [2.45, 2.75) is 19.5 Å². The van der Waals surface area contributed by atoms with Crippen LogP contribution in [0.4, 0.5) is 4.39 Å². The van der Waals surface area contributed by atoms with Gasteiger partial charge in [-0.15, -0.1) is 0 Å². The number of likely N-dealkylation sites (N-methyl/N-ethyl adjacent to an activating group) is 1. The van der Waals surface area contributed by atoms with E-state index in [0.29, 0.717) is 43.2 Å². The van der Waals surface area contributed by atoms with Gasteiger partial charge in [0.1, 0.15) is 11.5 Å². The second-order valence-corrected chi connectivity index (χ2v) is 8.64. The molecule has 0 spiro atoms. The van der Waals surface area contributed by atoms with Crippen LogP contribution < -0.4 is 9.47 Å². The number of rotatable bonds is 8. The van der Waals surface area contributed by atoms with Crippen LogP contribution in [0.15, 0.2) is 42.5 Å². The number of carbonyl (C=O) groups excluding carboxylic acids is 2. The molecule has 184 valence electrons. The normalized spacial score (nSPS) is 12.9. The van der Waals surface area contributed by atoms with Crippen molar-refractivity contribution in [2.24, 2.45) is 0 Å². The molecule has 0 saturated heterocycles. The Bertz CT molecular complexity index is 1240. The van der Waals surface area contributed by atoms with Gasteiger partial charge in [0.25, 0.3) is 11.8 Å². The number of fused-ring (bicyclic) bond motifs is 1. The fraction of sp³-hybridized carbons (Fsp3) is 0.320. The Morgan fingerprint density at radius 2 is 1.91 bits per heavy atom. The minimum absolute atomic E-state index is 0.0457. The van der Waals surface area contributed by atoms with E-state index in [2.05, 4.69) is 5.10 Å². The summed E-state index contributed by atoms with van der Waals surface area (Å²) >= 11 is 6.12. The number of carbonyl (C=O) groups is 2. The average molecular weight is 501 g/mol. The molecule has 0 fully saturated rings. The van der Waals surface area contributed by atoms with Crippen LogP contribution in [0.5, 0.6) is 11.5 Å². The molecule has 10 heteroatoms. The predicted octanol–water partition coefficient (Wildman–Crippen LogP) is 3.66. The largest absolute Gasteiger partial charge is 0.493 e. The smallest absolute Gasteiger partial charge is 0.274 e. The molecule has 0 atom stereocenters. The fourth-order valence-electron chi connectivity index (χ4n) is 4.00. The van der Waals surface area contributed by atoms with Crippen LogP contribution in [0, 0.1) is 5.82 Å². The first kappa shape index (κ1) is 24.5. The van der Waals surface area contributed by atoms with Crippen LogP contribution in [0.2, 0.25) is 5.02 Å². The summed E-state index contributed by atoms with van der Waals surface area (Å²) in [5.74, 6) is 0.191. The molecule has 0 radical (unpaired) electrons. The van der Waals surface area contributed by atoms with Crippen molar-refractivity contribution in [1.82, 2.24) is 19.6 Å². The monoisotopic (exact) mass is 500 g/mol. The van der Waals surface area contributed by atoms with Gasteiger partial charge in [-0.2, -0.15) is 5.10 Å². The third-order valence-corrected chi connectivity index (χ3v) is 6.38. The first-order valence-electron chi connectivity index (χ1n) is 11.1. The summed E-state index contributed by atoms with van der Waals surface area (Å²) in [5, 5.41) is 4.61. The highest BCUT2D eigenvalue weighted by Gasteiger charge is 2.29. The molecule has 2 aromatic carbocycles. The maximum absolute atomic E-state index is 14.2.